The first-order valence-electron chi connectivity index (χ1n) is 10.5. The molecule has 1 aromatic heterocycles. The zero-order chi connectivity index (χ0) is 22.7. The number of rotatable bonds is 7. The number of halogens is 3. The van der Waals surface area contributed by atoms with Gasteiger partial charge in [-0.3, -0.25) is 14.6 Å². The lowest BCUT2D eigenvalue weighted by Gasteiger charge is -2.28. The quantitative estimate of drug-likeness (QED) is 0.392. The number of ether oxygens (including phenoxy) is 2. The summed E-state index contributed by atoms with van der Waals surface area (Å²) in [6.07, 6.45) is 0.810. The Bertz CT molecular complexity index is 1120. The van der Waals surface area contributed by atoms with Crippen LogP contribution in [-0.2, 0) is 4.74 Å². The minimum absolute atomic E-state index is 0. The molecule has 4 rings (SSSR count). The van der Waals surface area contributed by atoms with Crippen LogP contribution in [0.1, 0.15) is 22.3 Å². The number of amides is 1. The number of fused-ring (bicyclic) bond motifs is 1. The van der Waals surface area contributed by atoms with E-state index in [1.807, 2.05) is 19.1 Å². The van der Waals surface area contributed by atoms with Crippen molar-refractivity contribution < 1.29 is 14.3 Å². The van der Waals surface area contributed by atoms with Gasteiger partial charge in [-0.05, 0) is 49.2 Å². The molecular weight excluding hydrogens is 505 g/mol. The molecule has 1 fully saturated rings. The number of nitrogens with zero attached hydrogens (tertiary/aromatic N) is 3. The molecule has 1 amide bonds. The van der Waals surface area contributed by atoms with Gasteiger partial charge >= 0.3 is 0 Å². The zero-order valence-corrected chi connectivity index (χ0v) is 21.6. The fourth-order valence-corrected chi connectivity index (χ4v) is 5.13. The standard InChI is InChI=1S/C23H25Cl2N3O3S.ClH/c1-15-18(25)5-7-20-21(15)26-23(32-20)28(9-3-8-27-10-12-31-13-11-27)22(29)17-14-16(24)4-6-19(17)30-2;/h4-7,14H,3,8-13H2,1-2H3;1H. The molecule has 1 aliphatic rings. The van der Waals surface area contributed by atoms with Crippen molar-refractivity contribution in [2.24, 2.45) is 0 Å². The Balaban J connectivity index is 0.00000306. The maximum absolute atomic E-state index is 13.7. The molecule has 0 N–H and O–H groups in total. The number of hydrogen-bond acceptors (Lipinski definition) is 6. The van der Waals surface area contributed by atoms with Crippen LogP contribution in [0.15, 0.2) is 30.3 Å². The highest BCUT2D eigenvalue weighted by Gasteiger charge is 2.25. The van der Waals surface area contributed by atoms with Gasteiger partial charge in [0.05, 0.1) is 36.1 Å². The topological polar surface area (TPSA) is 54.9 Å². The van der Waals surface area contributed by atoms with E-state index < -0.39 is 0 Å². The molecule has 6 nitrogen and oxygen atoms in total. The number of benzene rings is 2. The molecule has 0 aliphatic carbocycles. The maximum atomic E-state index is 13.7. The predicted octanol–water partition coefficient (Wildman–Crippen LogP) is 5.71. The molecule has 2 aromatic carbocycles. The third-order valence-electron chi connectivity index (χ3n) is 5.56. The fourth-order valence-electron chi connectivity index (χ4n) is 3.76. The summed E-state index contributed by atoms with van der Waals surface area (Å²) >= 11 is 14.0. The molecule has 0 atom stereocenters. The van der Waals surface area contributed by atoms with Crippen molar-refractivity contribution in [3.63, 3.8) is 0 Å². The maximum Gasteiger partial charge on any atom is 0.263 e. The van der Waals surface area contributed by atoms with Crippen LogP contribution in [0.3, 0.4) is 0 Å². The van der Waals surface area contributed by atoms with Crippen molar-refractivity contribution in [1.82, 2.24) is 9.88 Å². The zero-order valence-electron chi connectivity index (χ0n) is 18.5. The van der Waals surface area contributed by atoms with Crippen molar-refractivity contribution in [1.29, 1.82) is 0 Å². The van der Waals surface area contributed by atoms with Crippen LogP contribution >= 0.6 is 46.9 Å². The fraction of sp³-hybridized carbons (Fsp3) is 0.391. The second kappa shape index (κ2) is 11.7. The summed E-state index contributed by atoms with van der Waals surface area (Å²) in [5.74, 6) is 0.298. The molecule has 178 valence electrons. The molecule has 10 heteroatoms. The van der Waals surface area contributed by atoms with Crippen LogP contribution in [0.25, 0.3) is 10.2 Å². The van der Waals surface area contributed by atoms with Crippen LogP contribution in [0.5, 0.6) is 5.75 Å². The van der Waals surface area contributed by atoms with Gasteiger partial charge in [0.25, 0.3) is 5.91 Å². The second-order valence-corrected chi connectivity index (χ2v) is 9.48. The summed E-state index contributed by atoms with van der Waals surface area (Å²) < 4.78 is 11.9. The van der Waals surface area contributed by atoms with E-state index in [0.717, 1.165) is 55.0 Å². The molecule has 3 aromatic rings. The Morgan fingerprint density at radius 3 is 2.73 bits per heavy atom. The van der Waals surface area contributed by atoms with Gasteiger partial charge in [-0.25, -0.2) is 4.98 Å². The highest BCUT2D eigenvalue weighted by molar-refractivity contribution is 7.22. The summed E-state index contributed by atoms with van der Waals surface area (Å²) in [4.78, 5) is 22.6. The number of aryl methyl sites for hydroxylation is 1. The number of thiazole rings is 1. The lowest BCUT2D eigenvalue weighted by atomic mass is 10.1. The second-order valence-electron chi connectivity index (χ2n) is 7.62. The number of carbonyl (C=O) groups is 1. The number of morpholine rings is 1. The largest absolute Gasteiger partial charge is 0.496 e. The van der Waals surface area contributed by atoms with Crippen molar-refractivity contribution >= 4 is 68.2 Å². The highest BCUT2D eigenvalue weighted by Crippen LogP contribution is 2.35. The van der Waals surface area contributed by atoms with Crippen molar-refractivity contribution in [3.8, 4) is 5.75 Å². The summed E-state index contributed by atoms with van der Waals surface area (Å²) in [6.45, 7) is 6.68. The molecule has 0 spiro atoms. The minimum atomic E-state index is -0.186. The van der Waals surface area contributed by atoms with Gasteiger partial charge in [0, 0.05) is 36.2 Å². The van der Waals surface area contributed by atoms with Crippen molar-refractivity contribution in [3.05, 3.63) is 51.5 Å². The number of aromatic nitrogens is 1. The van der Waals surface area contributed by atoms with E-state index in [1.165, 1.54) is 11.3 Å². The highest BCUT2D eigenvalue weighted by atomic mass is 35.5. The van der Waals surface area contributed by atoms with Crippen LogP contribution in [0.2, 0.25) is 10.0 Å². The lowest BCUT2D eigenvalue weighted by molar-refractivity contribution is 0.0376. The Kier molecular flexibility index (Phi) is 9.21. The number of anilines is 1. The monoisotopic (exact) mass is 529 g/mol. The van der Waals surface area contributed by atoms with Gasteiger partial charge in [0.1, 0.15) is 5.75 Å². The molecular formula is C23H26Cl3N3O3S. The van der Waals surface area contributed by atoms with Gasteiger partial charge in [-0.1, -0.05) is 34.5 Å². The molecule has 1 saturated heterocycles. The van der Waals surface area contributed by atoms with Crippen LogP contribution < -0.4 is 9.64 Å². The van der Waals surface area contributed by atoms with Gasteiger partial charge in [-0.2, -0.15) is 0 Å². The first-order valence-corrected chi connectivity index (χ1v) is 12.1. The van der Waals surface area contributed by atoms with Crippen LogP contribution in [0.4, 0.5) is 5.13 Å². The average molecular weight is 531 g/mol. The van der Waals surface area contributed by atoms with Crippen LogP contribution in [-0.4, -0.2) is 62.3 Å². The molecule has 0 unspecified atom stereocenters. The molecule has 0 saturated carbocycles. The molecule has 2 heterocycles. The van der Waals surface area contributed by atoms with Gasteiger partial charge < -0.3 is 9.47 Å². The minimum Gasteiger partial charge on any atom is -0.496 e. The van der Waals surface area contributed by atoms with E-state index in [1.54, 1.807) is 30.2 Å². The van der Waals surface area contributed by atoms with Crippen molar-refractivity contribution in [2.45, 2.75) is 13.3 Å². The Hall–Kier alpha value is -1.61. The summed E-state index contributed by atoms with van der Waals surface area (Å²) in [7, 11) is 1.55. The Morgan fingerprint density at radius 1 is 1.24 bits per heavy atom. The molecule has 1 aliphatic heterocycles. The van der Waals surface area contributed by atoms with Crippen LogP contribution in [0, 0.1) is 6.92 Å². The molecule has 0 radical (unpaired) electrons. The summed E-state index contributed by atoms with van der Waals surface area (Å²) in [6, 6.07) is 8.88. The third kappa shape index (κ3) is 5.91. The first kappa shape index (κ1) is 26.0. The number of methoxy groups -OCH3 is 1. The van der Waals surface area contributed by atoms with E-state index in [2.05, 4.69) is 4.90 Å². The van der Waals surface area contributed by atoms with Gasteiger partial charge in [-0.15, -0.1) is 12.4 Å². The van der Waals surface area contributed by atoms with E-state index in [-0.39, 0.29) is 18.3 Å². The number of carbonyl (C=O) groups excluding carboxylic acids is 1. The Morgan fingerprint density at radius 2 is 2.00 bits per heavy atom. The number of hydrogen-bond donors (Lipinski definition) is 0. The van der Waals surface area contributed by atoms with E-state index in [0.29, 0.717) is 33.0 Å². The molecule has 0 bridgehead atoms. The summed E-state index contributed by atoms with van der Waals surface area (Å²) in [5.41, 5.74) is 2.15. The first-order chi connectivity index (χ1) is 15.5. The smallest absolute Gasteiger partial charge is 0.263 e. The normalized spacial score (nSPS) is 14.2. The summed E-state index contributed by atoms with van der Waals surface area (Å²) in [5, 5.41) is 1.78. The predicted molar refractivity (Wildman–Crippen MR) is 138 cm³/mol. The van der Waals surface area contributed by atoms with E-state index >= 15 is 0 Å². The van der Waals surface area contributed by atoms with E-state index in [4.69, 9.17) is 37.7 Å². The van der Waals surface area contributed by atoms with Crippen molar-refractivity contribution in [2.75, 3.05) is 51.4 Å². The molecule has 33 heavy (non-hydrogen) atoms. The lowest BCUT2D eigenvalue weighted by Crippen LogP contribution is -2.39. The Labute approximate surface area is 213 Å². The SMILES string of the molecule is COc1ccc(Cl)cc1C(=O)N(CCCN1CCOCC1)c1nc2c(C)c(Cl)ccc2s1.Cl. The third-order valence-corrected chi connectivity index (χ3v) is 7.25. The van der Waals surface area contributed by atoms with Gasteiger partial charge in [0.15, 0.2) is 5.13 Å². The van der Waals surface area contributed by atoms with Gasteiger partial charge in [0.2, 0.25) is 0 Å². The van der Waals surface area contributed by atoms with E-state index in [9.17, 15) is 4.79 Å². The average Bonchev–Trinajstić information content (AvgIpc) is 3.24.